The fraction of sp³-hybridized carbons (Fsp3) is 0.500. The van der Waals surface area contributed by atoms with Crippen LogP contribution in [0.3, 0.4) is 0 Å². The summed E-state index contributed by atoms with van der Waals surface area (Å²) in [6.07, 6.45) is 5.77. The lowest BCUT2D eigenvalue weighted by Crippen LogP contribution is -2.34. The Hall–Kier alpha value is -1.92. The molecule has 1 amide bonds. The zero-order chi connectivity index (χ0) is 16.6. The summed E-state index contributed by atoms with van der Waals surface area (Å²) in [7, 11) is 0. The number of rotatable bonds is 3. The van der Waals surface area contributed by atoms with E-state index in [1.165, 1.54) is 0 Å². The lowest BCUT2D eigenvalue weighted by molar-refractivity contribution is 0.0710. The van der Waals surface area contributed by atoms with E-state index in [1.807, 2.05) is 35.2 Å². The molecule has 134 valence electrons. The van der Waals surface area contributed by atoms with Gasteiger partial charge < -0.3 is 15.2 Å². The molecular formula is C18H23ClN4O2. The van der Waals surface area contributed by atoms with Gasteiger partial charge in [-0.2, -0.15) is 4.98 Å². The van der Waals surface area contributed by atoms with Crippen LogP contribution < -0.4 is 5.73 Å². The first-order valence-corrected chi connectivity index (χ1v) is 8.66. The molecule has 2 fully saturated rings. The van der Waals surface area contributed by atoms with Gasteiger partial charge in [0.25, 0.3) is 5.91 Å². The normalized spacial score (nSPS) is 22.0. The molecule has 0 spiro atoms. The first-order valence-electron chi connectivity index (χ1n) is 8.66. The summed E-state index contributed by atoms with van der Waals surface area (Å²) in [4.78, 5) is 19.2. The Bertz CT molecular complexity index is 728. The second kappa shape index (κ2) is 7.14. The smallest absolute Gasteiger partial charge is 0.254 e. The minimum absolute atomic E-state index is 0. The standard InChI is InChI=1S/C18H22N4O2.ClH/c19-18(10-4-5-11-18)17-20-15(24-21-17)14-9-6-12-22(14)16(23)13-7-2-1-3-8-13;/h1-3,7-8,14H,4-6,9-12,19H2;1H. The SMILES string of the molecule is Cl.NC1(c2noc(C3CCCN3C(=O)c3ccccc3)n2)CCCC1. The van der Waals surface area contributed by atoms with Gasteiger partial charge in [-0.15, -0.1) is 12.4 Å². The summed E-state index contributed by atoms with van der Waals surface area (Å²) < 4.78 is 5.51. The average molecular weight is 363 g/mol. The maximum Gasteiger partial charge on any atom is 0.254 e. The quantitative estimate of drug-likeness (QED) is 0.906. The van der Waals surface area contributed by atoms with Crippen molar-refractivity contribution in [1.82, 2.24) is 15.0 Å². The van der Waals surface area contributed by atoms with E-state index in [0.29, 0.717) is 23.8 Å². The molecular weight excluding hydrogens is 340 g/mol. The number of hydrogen-bond acceptors (Lipinski definition) is 5. The Labute approximate surface area is 153 Å². The first-order chi connectivity index (χ1) is 11.7. The molecule has 0 bridgehead atoms. The van der Waals surface area contributed by atoms with Crippen molar-refractivity contribution in [3.8, 4) is 0 Å². The second-order valence-corrected chi connectivity index (χ2v) is 6.84. The van der Waals surface area contributed by atoms with E-state index in [4.69, 9.17) is 10.3 Å². The molecule has 1 saturated carbocycles. The number of halogens is 1. The first kappa shape index (κ1) is 17.9. The van der Waals surface area contributed by atoms with Crippen LogP contribution >= 0.6 is 12.4 Å². The third-order valence-electron chi connectivity index (χ3n) is 5.20. The summed E-state index contributed by atoms with van der Waals surface area (Å²) in [5, 5.41) is 4.13. The molecule has 0 radical (unpaired) electrons. The van der Waals surface area contributed by atoms with Gasteiger partial charge in [0.1, 0.15) is 6.04 Å². The summed E-state index contributed by atoms with van der Waals surface area (Å²) in [5.41, 5.74) is 6.64. The van der Waals surface area contributed by atoms with Crippen molar-refractivity contribution >= 4 is 18.3 Å². The highest BCUT2D eigenvalue weighted by Gasteiger charge is 2.39. The van der Waals surface area contributed by atoms with Gasteiger partial charge in [0, 0.05) is 12.1 Å². The molecule has 7 heteroatoms. The molecule has 1 unspecified atom stereocenters. The minimum atomic E-state index is -0.464. The van der Waals surface area contributed by atoms with Crippen molar-refractivity contribution in [1.29, 1.82) is 0 Å². The number of nitrogens with two attached hydrogens (primary N) is 1. The molecule has 1 aliphatic heterocycles. The van der Waals surface area contributed by atoms with Crippen LogP contribution in [0.25, 0.3) is 0 Å². The molecule has 4 rings (SSSR count). The molecule has 2 N–H and O–H groups in total. The van der Waals surface area contributed by atoms with E-state index < -0.39 is 5.54 Å². The fourth-order valence-corrected chi connectivity index (χ4v) is 3.82. The predicted octanol–water partition coefficient (Wildman–Crippen LogP) is 3.20. The highest BCUT2D eigenvalue weighted by atomic mass is 35.5. The Morgan fingerprint density at radius 3 is 2.64 bits per heavy atom. The van der Waals surface area contributed by atoms with E-state index >= 15 is 0 Å². The zero-order valence-corrected chi connectivity index (χ0v) is 14.9. The van der Waals surface area contributed by atoms with Crippen LogP contribution in [0.4, 0.5) is 0 Å². The third-order valence-corrected chi connectivity index (χ3v) is 5.20. The highest BCUT2D eigenvalue weighted by Crippen LogP contribution is 2.37. The van der Waals surface area contributed by atoms with Crippen LogP contribution in [0, 0.1) is 0 Å². The van der Waals surface area contributed by atoms with Crippen LogP contribution in [0.5, 0.6) is 0 Å². The van der Waals surface area contributed by atoms with Crippen LogP contribution in [-0.2, 0) is 5.54 Å². The van der Waals surface area contributed by atoms with Crippen molar-refractivity contribution in [3.63, 3.8) is 0 Å². The van der Waals surface area contributed by atoms with E-state index in [1.54, 1.807) is 0 Å². The number of likely N-dealkylation sites (tertiary alicyclic amines) is 1. The molecule has 6 nitrogen and oxygen atoms in total. The number of hydrogen-bond donors (Lipinski definition) is 1. The van der Waals surface area contributed by atoms with Gasteiger partial charge in [-0.3, -0.25) is 4.79 Å². The Morgan fingerprint density at radius 1 is 1.20 bits per heavy atom. The molecule has 1 aromatic carbocycles. The summed E-state index contributed by atoms with van der Waals surface area (Å²) >= 11 is 0. The summed E-state index contributed by atoms with van der Waals surface area (Å²) in [6, 6.07) is 9.19. The van der Waals surface area contributed by atoms with Crippen LogP contribution in [0.2, 0.25) is 0 Å². The molecule has 1 aliphatic carbocycles. The lowest BCUT2D eigenvalue weighted by Gasteiger charge is -2.22. The number of amides is 1. The van der Waals surface area contributed by atoms with Crippen molar-refractivity contribution < 1.29 is 9.32 Å². The monoisotopic (exact) mass is 362 g/mol. The van der Waals surface area contributed by atoms with Gasteiger partial charge >= 0.3 is 0 Å². The average Bonchev–Trinajstić information content (AvgIpc) is 3.34. The number of nitrogens with zero attached hydrogens (tertiary/aromatic N) is 3. The maximum absolute atomic E-state index is 12.8. The lowest BCUT2D eigenvalue weighted by atomic mass is 9.98. The Morgan fingerprint density at radius 2 is 1.92 bits per heavy atom. The zero-order valence-electron chi connectivity index (χ0n) is 14.1. The highest BCUT2D eigenvalue weighted by molar-refractivity contribution is 5.94. The molecule has 1 saturated heterocycles. The second-order valence-electron chi connectivity index (χ2n) is 6.84. The summed E-state index contributed by atoms with van der Waals surface area (Å²) in [6.45, 7) is 0.712. The number of aromatic nitrogens is 2. The largest absolute Gasteiger partial charge is 0.337 e. The van der Waals surface area contributed by atoms with Crippen molar-refractivity contribution in [2.24, 2.45) is 5.73 Å². The Balaban J connectivity index is 0.00000182. The molecule has 25 heavy (non-hydrogen) atoms. The number of carbonyl (C=O) groups is 1. The van der Waals surface area contributed by atoms with E-state index in [2.05, 4.69) is 10.1 Å². The van der Waals surface area contributed by atoms with Crippen LogP contribution in [0.1, 0.15) is 66.6 Å². The van der Waals surface area contributed by atoms with Crippen LogP contribution in [0.15, 0.2) is 34.9 Å². The van der Waals surface area contributed by atoms with Crippen molar-refractivity contribution in [2.45, 2.75) is 50.1 Å². The molecule has 2 aliphatic rings. The third kappa shape index (κ3) is 3.28. The molecule has 1 atom stereocenters. The van der Waals surface area contributed by atoms with Crippen molar-refractivity contribution in [2.75, 3.05) is 6.54 Å². The van der Waals surface area contributed by atoms with Gasteiger partial charge in [0.05, 0.1) is 5.54 Å². The van der Waals surface area contributed by atoms with Crippen LogP contribution in [-0.4, -0.2) is 27.5 Å². The van der Waals surface area contributed by atoms with Gasteiger partial charge in [-0.05, 0) is 37.8 Å². The minimum Gasteiger partial charge on any atom is -0.337 e. The number of benzene rings is 1. The molecule has 2 heterocycles. The predicted molar refractivity (Wildman–Crippen MR) is 95.3 cm³/mol. The molecule has 2 aromatic rings. The van der Waals surface area contributed by atoms with E-state index in [9.17, 15) is 4.79 Å². The van der Waals surface area contributed by atoms with Gasteiger partial charge in [0.15, 0.2) is 5.82 Å². The number of carbonyl (C=O) groups excluding carboxylic acids is 1. The van der Waals surface area contributed by atoms with Crippen molar-refractivity contribution in [3.05, 3.63) is 47.6 Å². The topological polar surface area (TPSA) is 85.2 Å². The maximum atomic E-state index is 12.8. The molecule has 1 aromatic heterocycles. The van der Waals surface area contributed by atoms with Gasteiger partial charge in [-0.25, -0.2) is 0 Å². The van der Waals surface area contributed by atoms with Gasteiger partial charge in [-0.1, -0.05) is 36.2 Å². The van der Waals surface area contributed by atoms with E-state index in [0.717, 1.165) is 38.5 Å². The van der Waals surface area contributed by atoms with E-state index in [-0.39, 0.29) is 24.4 Å². The summed E-state index contributed by atoms with van der Waals surface area (Å²) in [5.74, 6) is 1.12. The Kier molecular flexibility index (Phi) is 5.11. The van der Waals surface area contributed by atoms with Gasteiger partial charge in [0.2, 0.25) is 5.89 Å². The fourth-order valence-electron chi connectivity index (χ4n) is 3.82.